The fraction of sp³-hybridized carbons (Fsp3) is 0.500. The SMILES string of the molecule is CCCCN(CCSSc1ccc([N+](=O)[O-])cn1)C(=O)Cl. The van der Waals surface area contributed by atoms with Crippen LogP contribution >= 0.6 is 33.2 Å². The number of carbonyl (C=O) groups is 1. The van der Waals surface area contributed by atoms with E-state index in [0.717, 1.165) is 12.8 Å². The largest absolute Gasteiger partial charge is 0.328 e. The Morgan fingerprint density at radius 3 is 2.76 bits per heavy atom. The summed E-state index contributed by atoms with van der Waals surface area (Å²) >= 11 is 5.52. The number of nitro groups is 1. The van der Waals surface area contributed by atoms with E-state index >= 15 is 0 Å². The first-order valence-corrected chi connectivity index (χ1v) is 9.08. The summed E-state index contributed by atoms with van der Waals surface area (Å²) < 4.78 is 0. The Labute approximate surface area is 136 Å². The first kappa shape index (κ1) is 18.1. The third-order valence-corrected chi connectivity index (χ3v) is 5.03. The minimum Gasteiger partial charge on any atom is -0.328 e. The van der Waals surface area contributed by atoms with Gasteiger partial charge in [0, 0.05) is 24.9 Å². The van der Waals surface area contributed by atoms with E-state index in [-0.39, 0.29) is 5.69 Å². The van der Waals surface area contributed by atoms with Crippen LogP contribution in [0.5, 0.6) is 0 Å². The van der Waals surface area contributed by atoms with E-state index in [9.17, 15) is 14.9 Å². The lowest BCUT2D eigenvalue weighted by Gasteiger charge is -2.18. The fourth-order valence-corrected chi connectivity index (χ4v) is 3.43. The predicted octanol–water partition coefficient (Wildman–Crippen LogP) is 4.19. The molecular formula is C12H16ClN3O3S2. The maximum absolute atomic E-state index is 11.2. The first-order valence-electron chi connectivity index (χ1n) is 6.39. The Balaban J connectivity index is 2.32. The summed E-state index contributed by atoms with van der Waals surface area (Å²) in [6.07, 6.45) is 3.17. The number of aromatic nitrogens is 1. The van der Waals surface area contributed by atoms with Gasteiger partial charge < -0.3 is 4.90 Å². The highest BCUT2D eigenvalue weighted by Crippen LogP contribution is 2.30. The van der Waals surface area contributed by atoms with Gasteiger partial charge in [-0.2, -0.15) is 0 Å². The van der Waals surface area contributed by atoms with E-state index in [1.165, 1.54) is 33.9 Å². The van der Waals surface area contributed by atoms with Crippen LogP contribution in [0.15, 0.2) is 23.4 Å². The van der Waals surface area contributed by atoms with Crippen LogP contribution in [-0.4, -0.2) is 39.0 Å². The topological polar surface area (TPSA) is 76.3 Å². The third-order valence-electron chi connectivity index (χ3n) is 2.55. The molecule has 0 aliphatic rings. The van der Waals surface area contributed by atoms with E-state index in [0.29, 0.717) is 23.9 Å². The van der Waals surface area contributed by atoms with Crippen molar-refractivity contribution >= 4 is 44.2 Å². The van der Waals surface area contributed by atoms with Crippen LogP contribution in [0.3, 0.4) is 0 Å². The van der Waals surface area contributed by atoms with Crippen molar-refractivity contribution in [1.82, 2.24) is 9.88 Å². The molecule has 0 radical (unpaired) electrons. The van der Waals surface area contributed by atoms with Crippen molar-refractivity contribution in [1.29, 1.82) is 0 Å². The molecule has 0 saturated heterocycles. The first-order chi connectivity index (χ1) is 10.0. The molecule has 1 aromatic heterocycles. The lowest BCUT2D eigenvalue weighted by Crippen LogP contribution is -2.29. The number of unbranched alkanes of at least 4 members (excludes halogenated alkanes) is 1. The number of hydrogen-bond donors (Lipinski definition) is 0. The number of amides is 1. The van der Waals surface area contributed by atoms with Crippen molar-refractivity contribution in [3.8, 4) is 0 Å². The second-order valence-electron chi connectivity index (χ2n) is 4.11. The summed E-state index contributed by atoms with van der Waals surface area (Å²) in [5, 5.41) is 10.8. The van der Waals surface area contributed by atoms with Crippen molar-refractivity contribution in [3.63, 3.8) is 0 Å². The number of halogens is 1. The van der Waals surface area contributed by atoms with Gasteiger partial charge in [0.2, 0.25) is 0 Å². The molecule has 0 spiro atoms. The van der Waals surface area contributed by atoms with Crippen LogP contribution < -0.4 is 0 Å². The molecule has 0 saturated carbocycles. The van der Waals surface area contributed by atoms with Crippen LogP contribution in [-0.2, 0) is 0 Å². The van der Waals surface area contributed by atoms with E-state index in [2.05, 4.69) is 11.9 Å². The highest BCUT2D eigenvalue weighted by atomic mass is 35.5. The number of rotatable bonds is 9. The second-order valence-corrected chi connectivity index (χ2v) is 6.87. The number of hydrogen-bond acceptors (Lipinski definition) is 6. The molecule has 9 heteroatoms. The van der Waals surface area contributed by atoms with Crippen molar-refractivity contribution in [2.75, 3.05) is 18.8 Å². The lowest BCUT2D eigenvalue weighted by molar-refractivity contribution is -0.385. The van der Waals surface area contributed by atoms with Gasteiger partial charge in [0.25, 0.3) is 5.69 Å². The summed E-state index contributed by atoms with van der Waals surface area (Å²) in [6.45, 7) is 3.30. The highest BCUT2D eigenvalue weighted by Gasteiger charge is 2.10. The van der Waals surface area contributed by atoms with Crippen LogP contribution in [0.1, 0.15) is 19.8 Å². The molecule has 0 unspecified atom stereocenters. The monoisotopic (exact) mass is 349 g/mol. The Hall–Kier alpha value is -0.990. The lowest BCUT2D eigenvalue weighted by atomic mass is 10.3. The van der Waals surface area contributed by atoms with Crippen molar-refractivity contribution in [3.05, 3.63) is 28.4 Å². The minimum atomic E-state index is -0.480. The molecule has 0 N–H and O–H groups in total. The second kappa shape index (κ2) is 9.86. The maximum atomic E-state index is 11.2. The average Bonchev–Trinajstić information content (AvgIpc) is 2.46. The van der Waals surface area contributed by atoms with Crippen molar-refractivity contribution in [2.24, 2.45) is 0 Å². The standard InChI is InChI=1S/C12H16ClN3O3S2/c1-2-3-6-15(12(13)17)7-8-20-21-11-5-4-10(9-14-11)16(18)19/h4-5,9H,2-3,6-8H2,1H3. The van der Waals surface area contributed by atoms with Crippen LogP contribution in [0.2, 0.25) is 0 Å². The molecule has 6 nitrogen and oxygen atoms in total. The van der Waals surface area contributed by atoms with Crippen LogP contribution in [0.25, 0.3) is 0 Å². The summed E-state index contributed by atoms with van der Waals surface area (Å²) in [4.78, 5) is 26.8. The summed E-state index contributed by atoms with van der Waals surface area (Å²) in [7, 11) is 2.95. The van der Waals surface area contributed by atoms with Gasteiger partial charge in [-0.15, -0.1) is 0 Å². The van der Waals surface area contributed by atoms with Crippen LogP contribution in [0.4, 0.5) is 10.5 Å². The zero-order valence-electron chi connectivity index (χ0n) is 11.5. The molecule has 1 aromatic rings. The average molecular weight is 350 g/mol. The van der Waals surface area contributed by atoms with Gasteiger partial charge in [0.05, 0.1) is 4.92 Å². The molecule has 0 fully saturated rings. The molecule has 1 heterocycles. The molecule has 1 amide bonds. The van der Waals surface area contributed by atoms with Crippen molar-refractivity contribution < 1.29 is 9.72 Å². The summed E-state index contributed by atoms with van der Waals surface area (Å²) in [6, 6.07) is 3.03. The summed E-state index contributed by atoms with van der Waals surface area (Å²) in [5.41, 5.74) is -0.0252. The molecule has 0 bridgehead atoms. The number of nitrogens with zero attached hydrogens (tertiary/aromatic N) is 3. The Kier molecular flexibility index (Phi) is 8.48. The molecule has 21 heavy (non-hydrogen) atoms. The van der Waals surface area contributed by atoms with E-state index in [4.69, 9.17) is 11.6 Å². The zero-order chi connectivity index (χ0) is 15.7. The molecule has 0 aromatic carbocycles. The van der Waals surface area contributed by atoms with E-state index < -0.39 is 10.3 Å². The smallest absolute Gasteiger partial charge is 0.316 e. The quantitative estimate of drug-likeness (QED) is 0.166. The molecule has 0 aliphatic heterocycles. The Morgan fingerprint density at radius 2 is 2.24 bits per heavy atom. The van der Waals surface area contributed by atoms with Gasteiger partial charge in [-0.25, -0.2) is 4.98 Å². The third kappa shape index (κ3) is 7.01. The van der Waals surface area contributed by atoms with Gasteiger partial charge >= 0.3 is 5.37 Å². The van der Waals surface area contributed by atoms with Crippen LogP contribution in [0, 0.1) is 10.1 Å². The highest BCUT2D eigenvalue weighted by molar-refractivity contribution is 8.76. The fourth-order valence-electron chi connectivity index (χ4n) is 1.42. The number of carbonyl (C=O) groups excluding carboxylic acids is 1. The van der Waals surface area contributed by atoms with Gasteiger partial charge in [0.15, 0.2) is 0 Å². The number of pyridine rings is 1. The molecular weight excluding hydrogens is 334 g/mol. The normalized spacial score (nSPS) is 10.4. The molecule has 0 atom stereocenters. The van der Waals surface area contributed by atoms with Gasteiger partial charge in [-0.3, -0.25) is 14.9 Å². The van der Waals surface area contributed by atoms with E-state index in [1.54, 1.807) is 11.0 Å². The van der Waals surface area contributed by atoms with E-state index in [1.807, 2.05) is 0 Å². The van der Waals surface area contributed by atoms with Gasteiger partial charge in [-0.05, 0) is 34.9 Å². The van der Waals surface area contributed by atoms with Gasteiger partial charge in [0.1, 0.15) is 11.2 Å². The predicted molar refractivity (Wildman–Crippen MR) is 86.9 cm³/mol. The molecule has 1 rings (SSSR count). The zero-order valence-corrected chi connectivity index (χ0v) is 13.9. The summed E-state index contributed by atoms with van der Waals surface area (Å²) in [5.74, 6) is 0.714. The van der Waals surface area contributed by atoms with Gasteiger partial charge in [-0.1, -0.05) is 24.1 Å². The molecule has 0 aliphatic carbocycles. The minimum absolute atomic E-state index is 0.0252. The maximum Gasteiger partial charge on any atom is 0.316 e. The molecule has 116 valence electrons. The van der Waals surface area contributed by atoms with Crippen molar-refractivity contribution in [2.45, 2.75) is 24.8 Å². The Bertz CT molecular complexity index is 473. The Morgan fingerprint density at radius 1 is 1.48 bits per heavy atom.